The van der Waals surface area contributed by atoms with Gasteiger partial charge in [0.2, 0.25) is 0 Å². The second-order valence-electron chi connectivity index (χ2n) is 6.88. The molecule has 2 rings (SSSR count). The summed E-state index contributed by atoms with van der Waals surface area (Å²) in [5.41, 5.74) is 1.98. The van der Waals surface area contributed by atoms with E-state index >= 15 is 0 Å². The van der Waals surface area contributed by atoms with Crippen LogP contribution in [0, 0.1) is 0 Å². The molecular weight excluding hydrogens is 276 g/mol. The Morgan fingerprint density at radius 2 is 2.09 bits per heavy atom. The van der Waals surface area contributed by atoms with Crippen LogP contribution in [0.5, 0.6) is 0 Å². The van der Waals surface area contributed by atoms with Crippen LogP contribution in [0.25, 0.3) is 0 Å². The van der Waals surface area contributed by atoms with E-state index in [0.717, 1.165) is 30.7 Å². The molecule has 1 N–H and O–H groups in total. The van der Waals surface area contributed by atoms with Crippen LogP contribution in [0.1, 0.15) is 74.6 Å². The predicted molar refractivity (Wildman–Crippen MR) is 88.1 cm³/mol. The third kappa shape index (κ3) is 3.86. The third-order valence-electron chi connectivity index (χ3n) is 4.50. The summed E-state index contributed by atoms with van der Waals surface area (Å²) in [4.78, 5) is 19.4. The van der Waals surface area contributed by atoms with Gasteiger partial charge in [0.15, 0.2) is 0 Å². The molecule has 4 heteroatoms. The fourth-order valence-electron chi connectivity index (χ4n) is 2.94. The lowest BCUT2D eigenvalue weighted by atomic mass is 9.98. The van der Waals surface area contributed by atoms with E-state index in [4.69, 9.17) is 0 Å². The summed E-state index contributed by atoms with van der Waals surface area (Å²) in [6.45, 7) is 9.44. The smallest absolute Gasteiger partial charge is 0.255 e. The quantitative estimate of drug-likeness (QED) is 0.933. The van der Waals surface area contributed by atoms with E-state index in [9.17, 15) is 9.90 Å². The maximum Gasteiger partial charge on any atom is 0.255 e. The van der Waals surface area contributed by atoms with E-state index < -0.39 is 5.60 Å². The normalized spacial score (nSPS) is 22.7. The highest BCUT2D eigenvalue weighted by Crippen LogP contribution is 2.23. The zero-order valence-corrected chi connectivity index (χ0v) is 14.2. The number of nitrogens with zero attached hydrogens (tertiary/aromatic N) is 2. The van der Waals surface area contributed by atoms with Gasteiger partial charge < -0.3 is 10.0 Å². The van der Waals surface area contributed by atoms with Crippen molar-refractivity contribution in [3.63, 3.8) is 0 Å². The SMILES string of the molecule is CCc1nc(C(C)C)ccc1C(=O)N1CCCC(C)(O)CC1. The molecule has 0 saturated carbocycles. The fourth-order valence-corrected chi connectivity index (χ4v) is 2.94. The summed E-state index contributed by atoms with van der Waals surface area (Å²) in [6.07, 6.45) is 2.99. The molecule has 22 heavy (non-hydrogen) atoms. The van der Waals surface area contributed by atoms with Gasteiger partial charge in [0.25, 0.3) is 5.91 Å². The van der Waals surface area contributed by atoms with Gasteiger partial charge >= 0.3 is 0 Å². The van der Waals surface area contributed by atoms with Crippen LogP contribution in [0.15, 0.2) is 12.1 Å². The summed E-state index contributed by atoms with van der Waals surface area (Å²) in [6, 6.07) is 3.89. The second-order valence-corrected chi connectivity index (χ2v) is 6.88. The number of aryl methyl sites for hydroxylation is 1. The van der Waals surface area contributed by atoms with Crippen LogP contribution in [0.2, 0.25) is 0 Å². The summed E-state index contributed by atoms with van der Waals surface area (Å²) in [5.74, 6) is 0.417. The molecule has 1 aliphatic rings. The highest BCUT2D eigenvalue weighted by atomic mass is 16.3. The van der Waals surface area contributed by atoms with E-state index in [1.54, 1.807) is 0 Å². The first-order chi connectivity index (χ1) is 10.3. The molecule has 1 atom stereocenters. The molecule has 122 valence electrons. The van der Waals surface area contributed by atoms with E-state index in [1.165, 1.54) is 0 Å². The number of hydrogen-bond acceptors (Lipinski definition) is 3. The van der Waals surface area contributed by atoms with Crippen molar-refractivity contribution in [2.24, 2.45) is 0 Å². The minimum Gasteiger partial charge on any atom is -0.390 e. The van der Waals surface area contributed by atoms with Crippen LogP contribution in [-0.4, -0.2) is 39.6 Å². The maximum atomic E-state index is 12.8. The highest BCUT2D eigenvalue weighted by molar-refractivity contribution is 5.95. The molecule has 0 bridgehead atoms. The number of amides is 1. The molecule has 1 saturated heterocycles. The van der Waals surface area contributed by atoms with E-state index in [1.807, 2.05) is 30.9 Å². The molecule has 1 aliphatic heterocycles. The van der Waals surface area contributed by atoms with Crippen LogP contribution in [0.3, 0.4) is 0 Å². The highest BCUT2D eigenvalue weighted by Gasteiger charge is 2.28. The number of carbonyl (C=O) groups excluding carboxylic acids is 1. The first-order valence-corrected chi connectivity index (χ1v) is 8.35. The van der Waals surface area contributed by atoms with Gasteiger partial charge in [-0.25, -0.2) is 0 Å². The monoisotopic (exact) mass is 304 g/mol. The lowest BCUT2D eigenvalue weighted by Gasteiger charge is -2.23. The Morgan fingerprint density at radius 3 is 2.73 bits per heavy atom. The third-order valence-corrected chi connectivity index (χ3v) is 4.50. The van der Waals surface area contributed by atoms with Crippen molar-refractivity contribution in [2.75, 3.05) is 13.1 Å². The van der Waals surface area contributed by atoms with Gasteiger partial charge in [-0.15, -0.1) is 0 Å². The van der Waals surface area contributed by atoms with Crippen molar-refractivity contribution in [3.05, 3.63) is 29.1 Å². The summed E-state index contributed by atoms with van der Waals surface area (Å²) < 4.78 is 0. The first kappa shape index (κ1) is 16.9. The van der Waals surface area contributed by atoms with Crippen LogP contribution >= 0.6 is 0 Å². The fraction of sp³-hybridized carbons (Fsp3) is 0.667. The lowest BCUT2D eigenvalue weighted by molar-refractivity contribution is 0.0438. The van der Waals surface area contributed by atoms with Crippen molar-refractivity contribution in [1.29, 1.82) is 0 Å². The topological polar surface area (TPSA) is 53.4 Å². The Balaban J connectivity index is 2.22. The van der Waals surface area contributed by atoms with Crippen molar-refractivity contribution in [2.45, 2.75) is 64.9 Å². The zero-order valence-electron chi connectivity index (χ0n) is 14.2. The molecule has 0 aliphatic carbocycles. The largest absolute Gasteiger partial charge is 0.390 e. The average molecular weight is 304 g/mol. The van der Waals surface area contributed by atoms with E-state index in [2.05, 4.69) is 18.8 Å². The average Bonchev–Trinajstić information content (AvgIpc) is 2.66. The van der Waals surface area contributed by atoms with Crippen molar-refractivity contribution >= 4 is 5.91 Å². The number of aromatic nitrogens is 1. The van der Waals surface area contributed by atoms with Gasteiger partial charge in [-0.2, -0.15) is 0 Å². The maximum absolute atomic E-state index is 12.8. The molecule has 1 unspecified atom stereocenters. The summed E-state index contributed by atoms with van der Waals surface area (Å²) in [7, 11) is 0. The first-order valence-electron chi connectivity index (χ1n) is 8.35. The molecule has 2 heterocycles. The second kappa shape index (κ2) is 6.78. The standard InChI is InChI=1S/C18H28N2O2/c1-5-15-14(7-8-16(19-15)13(2)3)17(21)20-11-6-9-18(4,22)10-12-20/h7-8,13,22H,5-6,9-12H2,1-4H3. The Kier molecular flexibility index (Phi) is 5.22. The lowest BCUT2D eigenvalue weighted by Crippen LogP contribution is -2.34. The number of carbonyl (C=O) groups is 1. The Morgan fingerprint density at radius 1 is 1.36 bits per heavy atom. The van der Waals surface area contributed by atoms with Crippen LogP contribution in [-0.2, 0) is 6.42 Å². The Labute approximate surface area is 133 Å². The van der Waals surface area contributed by atoms with Gasteiger partial charge in [0.1, 0.15) is 0 Å². The van der Waals surface area contributed by atoms with Gasteiger partial charge in [-0.05, 0) is 50.7 Å². The molecule has 1 fully saturated rings. The predicted octanol–water partition coefficient (Wildman–Crippen LogP) is 3.14. The summed E-state index contributed by atoms with van der Waals surface area (Å²) in [5, 5.41) is 10.2. The number of hydrogen-bond donors (Lipinski definition) is 1. The van der Waals surface area contributed by atoms with Gasteiger partial charge in [-0.1, -0.05) is 20.8 Å². The molecule has 0 radical (unpaired) electrons. The van der Waals surface area contributed by atoms with Gasteiger partial charge in [0.05, 0.1) is 16.9 Å². The van der Waals surface area contributed by atoms with Gasteiger partial charge in [0, 0.05) is 18.8 Å². The summed E-state index contributed by atoms with van der Waals surface area (Å²) >= 11 is 0. The van der Waals surface area contributed by atoms with E-state index in [-0.39, 0.29) is 5.91 Å². The molecule has 1 amide bonds. The van der Waals surface area contributed by atoms with Crippen molar-refractivity contribution in [3.8, 4) is 0 Å². The molecule has 4 nitrogen and oxygen atoms in total. The number of likely N-dealkylation sites (tertiary alicyclic amines) is 1. The number of rotatable bonds is 3. The minimum absolute atomic E-state index is 0.0531. The van der Waals surface area contributed by atoms with Gasteiger partial charge in [-0.3, -0.25) is 9.78 Å². The number of aliphatic hydroxyl groups is 1. The molecular formula is C18H28N2O2. The Bertz CT molecular complexity index is 538. The molecule has 0 spiro atoms. The van der Waals surface area contributed by atoms with Crippen LogP contribution < -0.4 is 0 Å². The van der Waals surface area contributed by atoms with E-state index in [0.29, 0.717) is 31.0 Å². The Hall–Kier alpha value is -1.42. The van der Waals surface area contributed by atoms with Crippen molar-refractivity contribution in [1.82, 2.24) is 9.88 Å². The molecule has 0 aromatic carbocycles. The molecule has 1 aromatic rings. The number of pyridine rings is 1. The van der Waals surface area contributed by atoms with Crippen LogP contribution in [0.4, 0.5) is 0 Å². The van der Waals surface area contributed by atoms with Crippen molar-refractivity contribution < 1.29 is 9.90 Å². The molecule has 1 aromatic heterocycles. The minimum atomic E-state index is -0.650. The zero-order chi connectivity index (χ0) is 16.3.